The molecule has 78 valence electrons. The van der Waals surface area contributed by atoms with Crippen LogP contribution in [0.5, 0.6) is 0 Å². The van der Waals surface area contributed by atoms with Gasteiger partial charge in [-0.25, -0.2) is 4.39 Å². The first kappa shape index (κ1) is 12.0. The van der Waals surface area contributed by atoms with Gasteiger partial charge < -0.3 is 5.32 Å². The third-order valence-corrected chi connectivity index (χ3v) is 2.67. The van der Waals surface area contributed by atoms with E-state index in [1.54, 1.807) is 0 Å². The van der Waals surface area contributed by atoms with Gasteiger partial charge in [-0.05, 0) is 25.0 Å². The van der Waals surface area contributed by atoms with Gasteiger partial charge >= 0.3 is 0 Å². The highest BCUT2D eigenvalue weighted by atomic mass is 79.9. The largest absolute Gasteiger partial charge is 0.310 e. The van der Waals surface area contributed by atoms with Crippen molar-refractivity contribution in [1.29, 1.82) is 0 Å². The van der Waals surface area contributed by atoms with Crippen molar-refractivity contribution in [3.63, 3.8) is 0 Å². The van der Waals surface area contributed by atoms with E-state index in [1.807, 2.05) is 12.1 Å². The van der Waals surface area contributed by atoms with Crippen molar-refractivity contribution in [2.45, 2.75) is 25.4 Å². The summed E-state index contributed by atoms with van der Waals surface area (Å²) in [5.41, 5.74) is 0.745. The van der Waals surface area contributed by atoms with Crippen molar-refractivity contribution in [2.75, 3.05) is 0 Å². The Hall–Kier alpha value is -0.120. The van der Waals surface area contributed by atoms with Crippen LogP contribution in [0.1, 0.15) is 18.4 Å². The average molecular weight is 281 g/mol. The monoisotopic (exact) mass is 279 g/mol. The smallest absolute Gasteiger partial charge is 0.128 e. The second kappa shape index (κ2) is 5.10. The molecule has 1 aliphatic rings. The molecule has 0 saturated heterocycles. The van der Waals surface area contributed by atoms with Gasteiger partial charge in [-0.15, -0.1) is 12.4 Å². The number of rotatable bonds is 3. The number of benzene rings is 1. The summed E-state index contributed by atoms with van der Waals surface area (Å²) in [5, 5.41) is 3.28. The van der Waals surface area contributed by atoms with Crippen LogP contribution in [0, 0.1) is 5.82 Å². The summed E-state index contributed by atoms with van der Waals surface area (Å²) < 4.78 is 14.0. The fraction of sp³-hybridized carbons (Fsp3) is 0.400. The van der Waals surface area contributed by atoms with E-state index in [1.165, 1.54) is 18.9 Å². The molecule has 0 bridgehead atoms. The van der Waals surface area contributed by atoms with Gasteiger partial charge in [-0.1, -0.05) is 22.0 Å². The van der Waals surface area contributed by atoms with E-state index in [0.29, 0.717) is 12.6 Å². The Morgan fingerprint density at radius 3 is 2.71 bits per heavy atom. The van der Waals surface area contributed by atoms with Gasteiger partial charge in [0.05, 0.1) is 0 Å². The van der Waals surface area contributed by atoms with Crippen molar-refractivity contribution in [1.82, 2.24) is 5.32 Å². The van der Waals surface area contributed by atoms with Crippen LogP contribution in [0.25, 0.3) is 0 Å². The molecule has 0 spiro atoms. The fourth-order valence-electron chi connectivity index (χ4n) is 1.21. The summed E-state index contributed by atoms with van der Waals surface area (Å²) >= 11 is 3.23. The van der Waals surface area contributed by atoms with E-state index >= 15 is 0 Å². The number of halogens is 3. The highest BCUT2D eigenvalue weighted by Crippen LogP contribution is 2.20. The average Bonchev–Trinajstić information content (AvgIpc) is 2.86. The molecule has 0 aliphatic heterocycles. The van der Waals surface area contributed by atoms with Crippen LogP contribution in [0.15, 0.2) is 22.7 Å². The first-order valence-corrected chi connectivity index (χ1v) is 5.22. The summed E-state index contributed by atoms with van der Waals surface area (Å²) in [6.45, 7) is 0.643. The lowest BCUT2D eigenvalue weighted by atomic mass is 10.2. The molecular formula is C10H12BrClFN. The van der Waals surface area contributed by atoms with Gasteiger partial charge in [0.1, 0.15) is 5.82 Å². The van der Waals surface area contributed by atoms with Gasteiger partial charge in [0, 0.05) is 22.6 Å². The topological polar surface area (TPSA) is 12.0 Å². The minimum atomic E-state index is -0.137. The van der Waals surface area contributed by atoms with Crippen molar-refractivity contribution < 1.29 is 4.39 Å². The molecular weight excluding hydrogens is 268 g/mol. The quantitative estimate of drug-likeness (QED) is 0.896. The summed E-state index contributed by atoms with van der Waals surface area (Å²) in [7, 11) is 0. The molecule has 2 rings (SSSR count). The molecule has 1 fully saturated rings. The first-order chi connectivity index (χ1) is 6.25. The predicted octanol–water partition coefficient (Wildman–Crippen LogP) is 3.26. The minimum Gasteiger partial charge on any atom is -0.310 e. The predicted molar refractivity (Wildman–Crippen MR) is 61.2 cm³/mol. The molecule has 1 aliphatic carbocycles. The second-order valence-corrected chi connectivity index (χ2v) is 4.31. The van der Waals surface area contributed by atoms with Crippen molar-refractivity contribution in [3.05, 3.63) is 34.1 Å². The summed E-state index contributed by atoms with van der Waals surface area (Å²) in [6, 6.07) is 5.81. The van der Waals surface area contributed by atoms with Gasteiger partial charge in [-0.2, -0.15) is 0 Å². The molecule has 1 N–H and O–H groups in total. The van der Waals surface area contributed by atoms with Crippen LogP contribution in [0.4, 0.5) is 4.39 Å². The molecule has 4 heteroatoms. The summed E-state index contributed by atoms with van der Waals surface area (Å²) in [5.74, 6) is -0.137. The lowest BCUT2D eigenvalue weighted by molar-refractivity contribution is 0.586. The van der Waals surface area contributed by atoms with E-state index in [2.05, 4.69) is 21.2 Å². The van der Waals surface area contributed by atoms with Crippen LogP contribution >= 0.6 is 28.3 Å². The summed E-state index contributed by atoms with van der Waals surface area (Å²) in [6.07, 6.45) is 2.47. The normalized spacial score (nSPS) is 15.0. The Morgan fingerprint density at radius 1 is 1.43 bits per heavy atom. The number of hydrogen-bond donors (Lipinski definition) is 1. The maximum absolute atomic E-state index is 13.3. The Balaban J connectivity index is 0.000000980. The van der Waals surface area contributed by atoms with E-state index in [4.69, 9.17) is 0 Å². The van der Waals surface area contributed by atoms with E-state index in [9.17, 15) is 4.39 Å². The molecule has 0 heterocycles. The Kier molecular flexibility index (Phi) is 4.35. The molecule has 1 aromatic carbocycles. The standard InChI is InChI=1S/C10H11BrFN.ClH/c11-8-2-1-7(10(12)5-8)6-13-9-3-4-9;/h1-2,5,9,13H,3-4,6H2;1H. The third kappa shape index (κ3) is 3.23. The van der Waals surface area contributed by atoms with E-state index in [0.717, 1.165) is 10.0 Å². The van der Waals surface area contributed by atoms with E-state index < -0.39 is 0 Å². The Labute approximate surface area is 97.6 Å². The second-order valence-electron chi connectivity index (χ2n) is 3.39. The van der Waals surface area contributed by atoms with Crippen LogP contribution < -0.4 is 5.32 Å². The minimum absolute atomic E-state index is 0. The molecule has 0 amide bonds. The van der Waals surface area contributed by atoms with Crippen LogP contribution in [-0.2, 0) is 6.54 Å². The first-order valence-electron chi connectivity index (χ1n) is 4.43. The Morgan fingerprint density at radius 2 is 2.14 bits per heavy atom. The highest BCUT2D eigenvalue weighted by molar-refractivity contribution is 9.10. The molecule has 0 radical (unpaired) electrons. The molecule has 0 unspecified atom stereocenters. The van der Waals surface area contributed by atoms with Crippen LogP contribution in [-0.4, -0.2) is 6.04 Å². The van der Waals surface area contributed by atoms with Crippen LogP contribution in [0.2, 0.25) is 0 Å². The maximum atomic E-state index is 13.3. The molecule has 14 heavy (non-hydrogen) atoms. The fourth-order valence-corrected chi connectivity index (χ4v) is 1.54. The van der Waals surface area contributed by atoms with Crippen LogP contribution in [0.3, 0.4) is 0 Å². The zero-order valence-electron chi connectivity index (χ0n) is 7.59. The zero-order valence-corrected chi connectivity index (χ0v) is 10.00. The molecule has 1 aromatic rings. The van der Waals surface area contributed by atoms with Gasteiger partial charge in [0.15, 0.2) is 0 Å². The molecule has 1 nitrogen and oxygen atoms in total. The SMILES string of the molecule is Cl.Fc1cc(Br)ccc1CNC1CC1. The van der Waals surface area contributed by atoms with Crippen molar-refractivity contribution >= 4 is 28.3 Å². The highest BCUT2D eigenvalue weighted by Gasteiger charge is 2.20. The Bertz CT molecular complexity index is 315. The van der Waals surface area contributed by atoms with Gasteiger partial charge in [-0.3, -0.25) is 0 Å². The lowest BCUT2D eigenvalue weighted by Crippen LogP contribution is -2.16. The van der Waals surface area contributed by atoms with E-state index in [-0.39, 0.29) is 18.2 Å². The molecule has 0 atom stereocenters. The number of hydrogen-bond acceptors (Lipinski definition) is 1. The molecule has 0 aromatic heterocycles. The molecule has 1 saturated carbocycles. The lowest BCUT2D eigenvalue weighted by Gasteiger charge is -2.04. The third-order valence-electron chi connectivity index (χ3n) is 2.17. The number of nitrogens with one attached hydrogen (secondary N) is 1. The van der Waals surface area contributed by atoms with Crippen molar-refractivity contribution in [2.24, 2.45) is 0 Å². The van der Waals surface area contributed by atoms with Gasteiger partial charge in [0.2, 0.25) is 0 Å². The summed E-state index contributed by atoms with van der Waals surface area (Å²) in [4.78, 5) is 0. The zero-order chi connectivity index (χ0) is 9.26. The van der Waals surface area contributed by atoms with Gasteiger partial charge in [0.25, 0.3) is 0 Å². The van der Waals surface area contributed by atoms with Crippen molar-refractivity contribution in [3.8, 4) is 0 Å². The maximum Gasteiger partial charge on any atom is 0.128 e.